The zero-order valence-corrected chi connectivity index (χ0v) is 17.6. The first kappa shape index (κ1) is 21.5. The first-order chi connectivity index (χ1) is 13.1. The first-order valence-corrected chi connectivity index (χ1v) is 10.5. The largest absolute Gasteiger partial charge is 0.382 e. The normalized spacial score (nSPS) is 10.4. The number of benzene rings is 2. The number of ether oxygens (including phenoxy) is 1. The van der Waals surface area contributed by atoms with Crippen LogP contribution in [0.4, 0.5) is 5.69 Å². The van der Waals surface area contributed by atoms with Crippen LogP contribution in [-0.4, -0.2) is 37.3 Å². The Labute approximate surface area is 172 Å². The fourth-order valence-corrected chi connectivity index (χ4v) is 3.20. The molecule has 0 spiro atoms. The molecule has 2 N–H and O–H groups in total. The smallest absolute Gasteiger partial charge is 0.251 e. The van der Waals surface area contributed by atoms with E-state index in [4.69, 9.17) is 4.74 Å². The van der Waals surface area contributed by atoms with Crippen LogP contribution < -0.4 is 10.6 Å². The molecule has 0 unspecified atom stereocenters. The van der Waals surface area contributed by atoms with Gasteiger partial charge in [-0.1, -0.05) is 22.0 Å². The monoisotopic (exact) mass is 450 g/mol. The number of nitrogens with one attached hydrogen (secondary N) is 2. The molecule has 2 amide bonds. The highest BCUT2D eigenvalue weighted by atomic mass is 79.9. The third-order valence-corrected chi connectivity index (χ3v) is 5.09. The molecule has 0 fully saturated rings. The topological polar surface area (TPSA) is 67.4 Å². The number of amides is 2. The van der Waals surface area contributed by atoms with E-state index < -0.39 is 0 Å². The summed E-state index contributed by atoms with van der Waals surface area (Å²) in [6.45, 7) is 3.80. The van der Waals surface area contributed by atoms with E-state index in [1.807, 2.05) is 31.2 Å². The summed E-state index contributed by atoms with van der Waals surface area (Å²) in [5.41, 5.74) is 1.13. The van der Waals surface area contributed by atoms with E-state index >= 15 is 0 Å². The number of hydrogen-bond donors (Lipinski definition) is 2. The minimum absolute atomic E-state index is 0.114. The minimum atomic E-state index is -0.160. The van der Waals surface area contributed by atoms with Crippen molar-refractivity contribution in [1.29, 1.82) is 0 Å². The number of carbonyl (C=O) groups is 2. The van der Waals surface area contributed by atoms with Crippen molar-refractivity contribution in [2.45, 2.75) is 18.2 Å². The van der Waals surface area contributed by atoms with E-state index in [9.17, 15) is 9.59 Å². The SMILES string of the molecule is CCOCCCNC(=O)c1cccc(NC(=O)CSc2ccc(Br)cc2)c1. The molecule has 0 saturated heterocycles. The molecule has 2 aromatic carbocycles. The lowest BCUT2D eigenvalue weighted by atomic mass is 10.2. The fraction of sp³-hybridized carbons (Fsp3) is 0.300. The summed E-state index contributed by atoms with van der Waals surface area (Å²) >= 11 is 4.85. The Morgan fingerprint density at radius 1 is 1.15 bits per heavy atom. The third kappa shape index (κ3) is 8.15. The van der Waals surface area contributed by atoms with Gasteiger partial charge in [0.05, 0.1) is 5.75 Å². The molecule has 0 radical (unpaired) electrons. The van der Waals surface area contributed by atoms with Crippen molar-refractivity contribution >= 4 is 45.2 Å². The Hall–Kier alpha value is -1.83. The molecule has 7 heteroatoms. The number of carbonyl (C=O) groups excluding carboxylic acids is 2. The number of thioether (sulfide) groups is 1. The van der Waals surface area contributed by atoms with Crippen molar-refractivity contribution in [3.8, 4) is 0 Å². The van der Waals surface area contributed by atoms with Gasteiger partial charge in [0.2, 0.25) is 5.91 Å². The number of hydrogen-bond acceptors (Lipinski definition) is 4. The van der Waals surface area contributed by atoms with Gasteiger partial charge in [-0.25, -0.2) is 0 Å². The highest BCUT2D eigenvalue weighted by Crippen LogP contribution is 2.21. The lowest BCUT2D eigenvalue weighted by Gasteiger charge is -2.09. The summed E-state index contributed by atoms with van der Waals surface area (Å²) < 4.78 is 6.25. The van der Waals surface area contributed by atoms with E-state index in [2.05, 4.69) is 26.6 Å². The summed E-state index contributed by atoms with van der Waals surface area (Å²) in [4.78, 5) is 25.4. The van der Waals surface area contributed by atoms with Gasteiger partial charge in [0.25, 0.3) is 5.91 Å². The van der Waals surface area contributed by atoms with Crippen LogP contribution >= 0.6 is 27.7 Å². The Morgan fingerprint density at radius 2 is 1.93 bits per heavy atom. The number of anilines is 1. The van der Waals surface area contributed by atoms with E-state index in [1.54, 1.807) is 24.3 Å². The maximum atomic E-state index is 12.2. The summed E-state index contributed by atoms with van der Waals surface area (Å²) in [7, 11) is 0. The molecule has 0 aliphatic heterocycles. The molecule has 5 nitrogen and oxygen atoms in total. The van der Waals surface area contributed by atoms with Crippen LogP contribution in [0, 0.1) is 0 Å². The molecule has 0 bridgehead atoms. The second-order valence-corrected chi connectivity index (χ2v) is 7.64. The number of rotatable bonds is 10. The van der Waals surface area contributed by atoms with Gasteiger partial charge in [-0.15, -0.1) is 11.8 Å². The van der Waals surface area contributed by atoms with Crippen LogP contribution in [0.3, 0.4) is 0 Å². The first-order valence-electron chi connectivity index (χ1n) is 8.72. The van der Waals surface area contributed by atoms with Crippen molar-refractivity contribution in [3.05, 3.63) is 58.6 Å². The Morgan fingerprint density at radius 3 is 2.67 bits per heavy atom. The summed E-state index contributed by atoms with van der Waals surface area (Å²) in [6.07, 6.45) is 0.767. The molecule has 0 aliphatic rings. The van der Waals surface area contributed by atoms with Crippen LogP contribution in [0.2, 0.25) is 0 Å². The Balaban J connectivity index is 1.80. The predicted molar refractivity (Wildman–Crippen MR) is 113 cm³/mol. The second-order valence-electron chi connectivity index (χ2n) is 5.68. The molecule has 0 atom stereocenters. The van der Waals surface area contributed by atoms with E-state index in [-0.39, 0.29) is 11.8 Å². The third-order valence-electron chi connectivity index (χ3n) is 3.55. The average molecular weight is 451 g/mol. The zero-order chi connectivity index (χ0) is 19.5. The Kier molecular flexibility index (Phi) is 9.38. The summed E-state index contributed by atoms with van der Waals surface area (Å²) in [6, 6.07) is 14.7. The van der Waals surface area contributed by atoms with Crippen molar-refractivity contribution in [3.63, 3.8) is 0 Å². The van der Waals surface area contributed by atoms with Gasteiger partial charge in [-0.2, -0.15) is 0 Å². The fourth-order valence-electron chi connectivity index (χ4n) is 2.24. The molecule has 144 valence electrons. The zero-order valence-electron chi connectivity index (χ0n) is 15.2. The van der Waals surface area contributed by atoms with Crippen molar-refractivity contribution in [2.24, 2.45) is 0 Å². The van der Waals surface area contributed by atoms with Gasteiger partial charge in [0.1, 0.15) is 0 Å². The highest BCUT2D eigenvalue weighted by molar-refractivity contribution is 9.10. The van der Waals surface area contributed by atoms with Crippen LogP contribution in [0.15, 0.2) is 57.9 Å². The quantitative estimate of drug-likeness (QED) is 0.417. The summed E-state index contributed by atoms with van der Waals surface area (Å²) in [5.74, 6) is 0.0270. The molecular weight excluding hydrogens is 428 g/mol. The molecule has 0 aromatic heterocycles. The van der Waals surface area contributed by atoms with Crippen molar-refractivity contribution < 1.29 is 14.3 Å². The average Bonchev–Trinajstić information content (AvgIpc) is 2.67. The van der Waals surface area contributed by atoms with Crippen molar-refractivity contribution in [1.82, 2.24) is 5.32 Å². The van der Waals surface area contributed by atoms with Gasteiger partial charge >= 0.3 is 0 Å². The minimum Gasteiger partial charge on any atom is -0.382 e. The van der Waals surface area contributed by atoms with E-state index in [0.717, 1.165) is 15.8 Å². The lowest BCUT2D eigenvalue weighted by molar-refractivity contribution is -0.113. The van der Waals surface area contributed by atoms with Crippen LogP contribution in [0.25, 0.3) is 0 Å². The van der Waals surface area contributed by atoms with Crippen LogP contribution in [-0.2, 0) is 9.53 Å². The predicted octanol–water partition coefficient (Wildman–Crippen LogP) is 4.34. The summed E-state index contributed by atoms with van der Waals surface area (Å²) in [5, 5.41) is 5.68. The molecular formula is C20H23BrN2O3S. The Bertz CT molecular complexity index is 753. The molecule has 0 saturated carbocycles. The van der Waals surface area contributed by atoms with Gasteiger partial charge in [0, 0.05) is 40.4 Å². The highest BCUT2D eigenvalue weighted by Gasteiger charge is 2.08. The van der Waals surface area contributed by atoms with Gasteiger partial charge in [-0.3, -0.25) is 9.59 Å². The van der Waals surface area contributed by atoms with Gasteiger partial charge in [0.15, 0.2) is 0 Å². The maximum absolute atomic E-state index is 12.2. The van der Waals surface area contributed by atoms with E-state index in [0.29, 0.717) is 36.8 Å². The second kappa shape index (κ2) is 11.8. The van der Waals surface area contributed by atoms with Crippen molar-refractivity contribution in [2.75, 3.05) is 30.8 Å². The van der Waals surface area contributed by atoms with Crippen LogP contribution in [0.1, 0.15) is 23.7 Å². The maximum Gasteiger partial charge on any atom is 0.251 e. The molecule has 2 aromatic rings. The molecule has 0 aliphatic carbocycles. The van der Waals surface area contributed by atoms with E-state index in [1.165, 1.54) is 11.8 Å². The lowest BCUT2D eigenvalue weighted by Crippen LogP contribution is -2.25. The van der Waals surface area contributed by atoms with Gasteiger partial charge in [-0.05, 0) is 55.8 Å². The van der Waals surface area contributed by atoms with Crippen LogP contribution in [0.5, 0.6) is 0 Å². The molecule has 0 heterocycles. The van der Waals surface area contributed by atoms with Gasteiger partial charge < -0.3 is 15.4 Å². The number of halogens is 1. The molecule has 27 heavy (non-hydrogen) atoms. The standard InChI is InChI=1S/C20H23BrN2O3S/c1-2-26-12-4-11-22-20(25)15-5-3-6-17(13-15)23-19(24)14-27-18-9-7-16(21)8-10-18/h3,5-10,13H,2,4,11-12,14H2,1H3,(H,22,25)(H,23,24). The molecule has 2 rings (SSSR count).